The van der Waals surface area contributed by atoms with Gasteiger partial charge in [-0.2, -0.15) is 0 Å². The van der Waals surface area contributed by atoms with Crippen LogP contribution >= 0.6 is 0 Å². The van der Waals surface area contributed by atoms with E-state index in [0.717, 1.165) is 18.4 Å². The van der Waals surface area contributed by atoms with E-state index in [2.05, 4.69) is 20.9 Å². The first-order valence-electron chi connectivity index (χ1n) is 16.0. The summed E-state index contributed by atoms with van der Waals surface area (Å²) >= 11 is 0. The summed E-state index contributed by atoms with van der Waals surface area (Å²) in [6, 6.07) is 9.63. The van der Waals surface area contributed by atoms with E-state index in [1.807, 2.05) is 25.7 Å². The number of rotatable bonds is 13. The lowest BCUT2D eigenvalue weighted by molar-refractivity contribution is -0.122. The number of carbonyl (C=O) groups is 4. The van der Waals surface area contributed by atoms with Gasteiger partial charge < -0.3 is 25.2 Å². The van der Waals surface area contributed by atoms with Crippen molar-refractivity contribution in [2.24, 2.45) is 5.92 Å². The molecule has 0 spiro atoms. The van der Waals surface area contributed by atoms with Crippen molar-refractivity contribution in [2.75, 3.05) is 36.4 Å². The van der Waals surface area contributed by atoms with Gasteiger partial charge in [0.1, 0.15) is 24.7 Å². The van der Waals surface area contributed by atoms with Crippen LogP contribution in [0.4, 0.5) is 20.6 Å². The monoisotopic (exact) mass is 649 g/mol. The predicted molar refractivity (Wildman–Crippen MR) is 175 cm³/mol. The quantitative estimate of drug-likeness (QED) is 0.246. The van der Waals surface area contributed by atoms with Crippen LogP contribution in [-0.2, 0) is 27.5 Å². The Morgan fingerprint density at radius 1 is 1.02 bits per heavy atom. The number of halogens is 1. The van der Waals surface area contributed by atoms with E-state index in [4.69, 9.17) is 4.74 Å². The minimum absolute atomic E-state index is 0.0304. The van der Waals surface area contributed by atoms with Crippen LogP contribution in [0.25, 0.3) is 0 Å². The number of aryl methyl sites for hydroxylation is 1. The number of Topliss-reactive ketones (excluding diaryl/α,β-unsaturated/α-hetero) is 1. The number of benzene rings is 2. The first-order valence-corrected chi connectivity index (χ1v) is 16.0. The first kappa shape index (κ1) is 35.1. The van der Waals surface area contributed by atoms with Crippen LogP contribution in [0.15, 0.2) is 42.6 Å². The zero-order valence-corrected chi connectivity index (χ0v) is 27.7. The molecule has 1 unspecified atom stereocenters. The van der Waals surface area contributed by atoms with Crippen molar-refractivity contribution in [1.82, 2.24) is 25.2 Å². The number of ketones is 1. The molecule has 252 valence electrons. The first-order chi connectivity index (χ1) is 22.4. The minimum atomic E-state index is -0.460. The standard InChI is InChI=1S/C34H44FN7O5/c1-6-7-8-31(44)37-33(22(2)3)29-19-42(39-38-29)20-32(45)36-26-11-9-25(10-12-26)21-47-34(46)41-15-13-40(14-16-41)30-17-23(4)27(24(5)43)18-28(30)35/h9-12,17-19,22,33H,6-8,13-16,20-21H2,1-5H3,(H,36,45)(H,37,44). The van der Waals surface area contributed by atoms with Crippen molar-refractivity contribution < 1.29 is 28.3 Å². The maximum absolute atomic E-state index is 14.7. The van der Waals surface area contributed by atoms with Crippen molar-refractivity contribution in [3.63, 3.8) is 0 Å². The lowest BCUT2D eigenvalue weighted by atomic mass is 10.0. The van der Waals surface area contributed by atoms with Crippen LogP contribution in [0.2, 0.25) is 0 Å². The van der Waals surface area contributed by atoms with E-state index in [1.165, 1.54) is 17.7 Å². The van der Waals surface area contributed by atoms with Gasteiger partial charge in [-0.25, -0.2) is 13.9 Å². The van der Waals surface area contributed by atoms with E-state index >= 15 is 0 Å². The molecule has 2 N–H and O–H groups in total. The lowest BCUT2D eigenvalue weighted by Gasteiger charge is -2.35. The highest BCUT2D eigenvalue weighted by Gasteiger charge is 2.25. The largest absolute Gasteiger partial charge is 0.445 e. The molecule has 2 aromatic carbocycles. The number of piperazine rings is 1. The molecule has 1 saturated heterocycles. The van der Waals surface area contributed by atoms with Crippen molar-refractivity contribution in [1.29, 1.82) is 0 Å². The predicted octanol–water partition coefficient (Wildman–Crippen LogP) is 5.03. The number of aromatic nitrogens is 3. The van der Waals surface area contributed by atoms with E-state index in [-0.39, 0.29) is 42.7 Å². The zero-order chi connectivity index (χ0) is 34.1. The van der Waals surface area contributed by atoms with Gasteiger partial charge in [0.15, 0.2) is 5.78 Å². The van der Waals surface area contributed by atoms with Crippen LogP contribution in [0.1, 0.15) is 80.2 Å². The molecule has 4 rings (SSSR count). The van der Waals surface area contributed by atoms with E-state index < -0.39 is 11.9 Å². The molecule has 1 aliphatic rings. The van der Waals surface area contributed by atoms with Crippen molar-refractivity contribution in [2.45, 2.75) is 73.1 Å². The molecule has 0 aliphatic carbocycles. The fourth-order valence-electron chi connectivity index (χ4n) is 5.38. The van der Waals surface area contributed by atoms with Gasteiger partial charge in [0.25, 0.3) is 0 Å². The average molecular weight is 650 g/mol. The molecule has 0 saturated carbocycles. The van der Waals surface area contributed by atoms with Crippen molar-refractivity contribution in [3.05, 3.63) is 70.8 Å². The molecule has 3 amide bonds. The number of anilines is 2. The number of nitrogens with one attached hydrogen (secondary N) is 2. The maximum Gasteiger partial charge on any atom is 0.410 e. The summed E-state index contributed by atoms with van der Waals surface area (Å²) in [5, 5.41) is 14.1. The Labute approximate surface area is 274 Å². The number of hydrogen-bond acceptors (Lipinski definition) is 8. The fourth-order valence-corrected chi connectivity index (χ4v) is 5.38. The molecular weight excluding hydrogens is 605 g/mol. The normalized spacial score (nSPS) is 13.8. The minimum Gasteiger partial charge on any atom is -0.445 e. The molecule has 0 radical (unpaired) electrons. The highest BCUT2D eigenvalue weighted by Crippen LogP contribution is 2.26. The maximum atomic E-state index is 14.7. The van der Waals surface area contributed by atoms with Gasteiger partial charge in [-0.1, -0.05) is 44.5 Å². The number of unbranched alkanes of at least 4 members (excludes halogenated alkanes) is 1. The summed E-state index contributed by atoms with van der Waals surface area (Å²) in [5.41, 5.74) is 3.42. The van der Waals surface area contributed by atoms with Crippen LogP contribution in [0, 0.1) is 18.7 Å². The van der Waals surface area contributed by atoms with E-state index in [0.29, 0.717) is 60.8 Å². The zero-order valence-electron chi connectivity index (χ0n) is 27.7. The highest BCUT2D eigenvalue weighted by molar-refractivity contribution is 5.96. The smallest absolute Gasteiger partial charge is 0.410 e. The summed E-state index contributed by atoms with van der Waals surface area (Å²) in [6.45, 7) is 10.8. The molecule has 1 aliphatic heterocycles. The Kier molecular flexibility index (Phi) is 12.0. The number of carbonyl (C=O) groups excluding carboxylic acids is 4. The fraction of sp³-hybridized carbons (Fsp3) is 0.471. The number of hydrogen-bond donors (Lipinski definition) is 2. The second kappa shape index (κ2) is 16.1. The molecule has 1 atom stereocenters. The third kappa shape index (κ3) is 9.60. The SMILES string of the molecule is CCCCC(=O)NC(c1cn(CC(=O)Nc2ccc(COC(=O)N3CCN(c4cc(C)c(C(C)=O)cc4F)CC3)cc2)nn1)C(C)C. The third-order valence-corrected chi connectivity index (χ3v) is 8.07. The van der Waals surface area contributed by atoms with Crippen LogP contribution in [0.3, 0.4) is 0 Å². The molecule has 1 aromatic heterocycles. The Bertz CT molecular complexity index is 1570. The molecule has 3 aromatic rings. The topological polar surface area (TPSA) is 139 Å². The third-order valence-electron chi connectivity index (χ3n) is 8.07. The number of ether oxygens (including phenoxy) is 1. The number of nitrogens with zero attached hydrogens (tertiary/aromatic N) is 5. The Morgan fingerprint density at radius 3 is 2.36 bits per heavy atom. The van der Waals surface area contributed by atoms with Gasteiger partial charge in [-0.15, -0.1) is 5.10 Å². The van der Waals surface area contributed by atoms with Crippen LogP contribution < -0.4 is 15.5 Å². The van der Waals surface area contributed by atoms with Crippen molar-refractivity contribution in [3.8, 4) is 0 Å². The van der Waals surface area contributed by atoms with Gasteiger partial charge in [0.2, 0.25) is 11.8 Å². The van der Waals surface area contributed by atoms with Crippen LogP contribution in [-0.4, -0.2) is 69.8 Å². The molecule has 13 heteroatoms. The summed E-state index contributed by atoms with van der Waals surface area (Å²) in [6.07, 6.45) is 3.43. The van der Waals surface area contributed by atoms with Gasteiger partial charge in [-0.05, 0) is 61.6 Å². The van der Waals surface area contributed by atoms with Gasteiger partial charge >= 0.3 is 6.09 Å². The molecule has 1 fully saturated rings. The van der Waals surface area contributed by atoms with Crippen molar-refractivity contribution >= 4 is 35.1 Å². The molecule has 0 bridgehead atoms. The summed E-state index contributed by atoms with van der Waals surface area (Å²) in [4.78, 5) is 52.8. The average Bonchev–Trinajstić information content (AvgIpc) is 3.50. The van der Waals surface area contributed by atoms with Gasteiger partial charge in [-0.3, -0.25) is 14.4 Å². The van der Waals surface area contributed by atoms with Gasteiger partial charge in [0.05, 0.1) is 17.9 Å². The van der Waals surface area contributed by atoms with E-state index in [1.54, 1.807) is 48.4 Å². The number of amides is 3. The van der Waals surface area contributed by atoms with E-state index in [9.17, 15) is 23.6 Å². The lowest BCUT2D eigenvalue weighted by Crippen LogP contribution is -2.49. The Balaban J connectivity index is 1.22. The summed E-state index contributed by atoms with van der Waals surface area (Å²) < 4.78 is 21.6. The second-order valence-corrected chi connectivity index (χ2v) is 12.2. The Hall–Kier alpha value is -4.81. The van der Waals surface area contributed by atoms with Gasteiger partial charge in [0, 0.05) is 43.9 Å². The molecule has 12 nitrogen and oxygen atoms in total. The molecular formula is C34H44FN7O5. The molecule has 47 heavy (non-hydrogen) atoms. The second-order valence-electron chi connectivity index (χ2n) is 12.2. The summed E-state index contributed by atoms with van der Waals surface area (Å²) in [7, 11) is 0. The Morgan fingerprint density at radius 2 is 1.72 bits per heavy atom. The van der Waals surface area contributed by atoms with Crippen LogP contribution in [0.5, 0.6) is 0 Å². The highest BCUT2D eigenvalue weighted by atomic mass is 19.1. The molecule has 2 heterocycles. The summed E-state index contributed by atoms with van der Waals surface area (Å²) in [5.74, 6) is -0.862.